The smallest absolute Gasteiger partial charge is 0.251 e. The molecule has 2 rings (SSSR count). The molecule has 0 radical (unpaired) electrons. The van der Waals surface area contributed by atoms with Gasteiger partial charge >= 0.3 is 0 Å². The number of ether oxygens (including phenoxy) is 1. The largest absolute Gasteiger partial charge is 0.372 e. The Bertz CT molecular complexity index is 631. The van der Waals surface area contributed by atoms with E-state index in [0.717, 1.165) is 24.8 Å². The average Bonchev–Trinajstić information content (AvgIpc) is 3.02. The van der Waals surface area contributed by atoms with Crippen molar-refractivity contribution in [2.75, 3.05) is 13.7 Å². The van der Waals surface area contributed by atoms with Gasteiger partial charge in [0.05, 0.1) is 0 Å². The summed E-state index contributed by atoms with van der Waals surface area (Å²) < 4.78 is 4.86. The first-order valence-electron chi connectivity index (χ1n) is 7.95. The minimum atomic E-state index is -0.417. The number of carbonyl (C=O) groups excluding carboxylic acids is 2. The summed E-state index contributed by atoms with van der Waals surface area (Å²) >= 11 is 0. The average molecular weight is 330 g/mol. The number of hydrogen-bond acceptors (Lipinski definition) is 4. The summed E-state index contributed by atoms with van der Waals surface area (Å²) in [7, 11) is 1.59. The Balaban J connectivity index is 1.94. The predicted molar refractivity (Wildman–Crippen MR) is 88.3 cm³/mol. The second kappa shape index (κ2) is 9.06. The predicted octanol–water partition coefficient (Wildman–Crippen LogP) is 1.48. The van der Waals surface area contributed by atoms with E-state index in [9.17, 15) is 9.59 Å². The molecule has 2 atom stereocenters. The maximum absolute atomic E-state index is 12.4. The van der Waals surface area contributed by atoms with Gasteiger partial charge in [0.1, 0.15) is 6.61 Å². The van der Waals surface area contributed by atoms with Gasteiger partial charge in [-0.1, -0.05) is 18.3 Å². The molecule has 1 aromatic rings. The van der Waals surface area contributed by atoms with Crippen LogP contribution >= 0.6 is 0 Å². The van der Waals surface area contributed by atoms with E-state index in [-0.39, 0.29) is 24.3 Å². The van der Waals surface area contributed by atoms with E-state index in [1.807, 2.05) is 0 Å². The van der Waals surface area contributed by atoms with Gasteiger partial charge in [-0.15, -0.1) is 0 Å². The summed E-state index contributed by atoms with van der Waals surface area (Å²) in [6.07, 6.45) is 2.89. The first kappa shape index (κ1) is 18.0. The van der Waals surface area contributed by atoms with Gasteiger partial charge in [-0.3, -0.25) is 14.8 Å². The summed E-state index contributed by atoms with van der Waals surface area (Å²) in [5.74, 6) is 5.28. The number of nitrogens with one attached hydrogen (secondary N) is 2. The molecule has 0 aromatic heterocycles. The number of methoxy groups -OCH3 is 1. The molecule has 1 fully saturated rings. The Morgan fingerprint density at radius 3 is 2.71 bits per heavy atom. The summed E-state index contributed by atoms with van der Waals surface area (Å²) in [4.78, 5) is 23.7. The standard InChI is InChI=1S/C18H22N2O4/c1-24-11-3-4-13-7-9-14(10-8-13)18(22)19-16-6-2-5-15(16)12-17(21)20-23/h7-10,15-16,23H,2,5-6,11-12H2,1H3,(H,19,22)(H,20,21)/t15-,16+/m1/s1. The van der Waals surface area contributed by atoms with Gasteiger partial charge in [-0.05, 0) is 43.0 Å². The molecule has 1 aliphatic rings. The Hall–Kier alpha value is -2.36. The van der Waals surface area contributed by atoms with Crippen LogP contribution < -0.4 is 10.8 Å². The molecule has 128 valence electrons. The second-order valence-electron chi connectivity index (χ2n) is 5.82. The van der Waals surface area contributed by atoms with Crippen LogP contribution in [-0.4, -0.2) is 36.8 Å². The van der Waals surface area contributed by atoms with Crippen molar-refractivity contribution >= 4 is 11.8 Å². The number of hydroxylamine groups is 1. The fourth-order valence-electron chi connectivity index (χ4n) is 2.92. The lowest BCUT2D eigenvalue weighted by atomic mass is 9.98. The lowest BCUT2D eigenvalue weighted by Gasteiger charge is -2.20. The van der Waals surface area contributed by atoms with Crippen LogP contribution in [0, 0.1) is 17.8 Å². The molecule has 3 N–H and O–H groups in total. The van der Waals surface area contributed by atoms with Crippen molar-refractivity contribution in [3.8, 4) is 11.8 Å². The van der Waals surface area contributed by atoms with Crippen molar-refractivity contribution in [3.05, 3.63) is 35.4 Å². The zero-order valence-corrected chi connectivity index (χ0v) is 13.7. The summed E-state index contributed by atoms with van der Waals surface area (Å²) in [6.45, 7) is 0.368. The van der Waals surface area contributed by atoms with E-state index >= 15 is 0 Å². The molecule has 0 spiro atoms. The molecule has 1 saturated carbocycles. The molecule has 2 amide bonds. The third kappa shape index (κ3) is 5.08. The van der Waals surface area contributed by atoms with Gasteiger partial charge < -0.3 is 10.1 Å². The highest BCUT2D eigenvalue weighted by Crippen LogP contribution is 2.28. The normalized spacial score (nSPS) is 19.2. The molecule has 6 nitrogen and oxygen atoms in total. The summed E-state index contributed by atoms with van der Waals surface area (Å²) in [5, 5.41) is 11.6. The molecular formula is C18H22N2O4. The minimum Gasteiger partial charge on any atom is -0.372 e. The molecule has 24 heavy (non-hydrogen) atoms. The van der Waals surface area contributed by atoms with Gasteiger partial charge in [-0.2, -0.15) is 0 Å². The van der Waals surface area contributed by atoms with Gasteiger partial charge in [0.2, 0.25) is 5.91 Å². The highest BCUT2D eigenvalue weighted by Gasteiger charge is 2.30. The van der Waals surface area contributed by atoms with Gasteiger partial charge in [0, 0.05) is 30.7 Å². The van der Waals surface area contributed by atoms with Gasteiger partial charge in [-0.25, -0.2) is 5.48 Å². The zero-order chi connectivity index (χ0) is 17.4. The van der Waals surface area contributed by atoms with Crippen LogP contribution in [0.3, 0.4) is 0 Å². The van der Waals surface area contributed by atoms with E-state index in [1.54, 1.807) is 36.9 Å². The van der Waals surface area contributed by atoms with Crippen LogP contribution in [0.2, 0.25) is 0 Å². The number of hydrogen-bond donors (Lipinski definition) is 3. The quantitative estimate of drug-likeness (QED) is 0.433. The lowest BCUT2D eigenvalue weighted by molar-refractivity contribution is -0.130. The maximum atomic E-state index is 12.4. The van der Waals surface area contributed by atoms with Crippen LogP contribution in [0.15, 0.2) is 24.3 Å². The number of carbonyl (C=O) groups is 2. The highest BCUT2D eigenvalue weighted by molar-refractivity contribution is 5.94. The van der Waals surface area contributed by atoms with E-state index in [4.69, 9.17) is 9.94 Å². The molecule has 1 aliphatic carbocycles. The number of rotatable bonds is 5. The Morgan fingerprint density at radius 1 is 1.29 bits per heavy atom. The summed E-state index contributed by atoms with van der Waals surface area (Å²) in [5.41, 5.74) is 3.03. The number of benzene rings is 1. The first-order chi connectivity index (χ1) is 11.6. The van der Waals surface area contributed by atoms with Gasteiger partial charge in [0.15, 0.2) is 0 Å². The molecular weight excluding hydrogens is 308 g/mol. The molecule has 0 unspecified atom stereocenters. The molecule has 6 heteroatoms. The topological polar surface area (TPSA) is 87.7 Å². The Morgan fingerprint density at radius 2 is 2.04 bits per heavy atom. The SMILES string of the molecule is COCC#Cc1ccc(C(=O)N[C@H]2CCC[C@@H]2CC(=O)NO)cc1. The highest BCUT2D eigenvalue weighted by atomic mass is 16.5. The van der Waals surface area contributed by atoms with E-state index < -0.39 is 5.91 Å². The fourth-order valence-corrected chi connectivity index (χ4v) is 2.92. The van der Waals surface area contributed by atoms with Crippen molar-refractivity contribution in [2.45, 2.75) is 31.7 Å². The molecule has 0 bridgehead atoms. The monoisotopic (exact) mass is 330 g/mol. The minimum absolute atomic E-state index is 0.0454. The maximum Gasteiger partial charge on any atom is 0.251 e. The van der Waals surface area contributed by atoms with Crippen molar-refractivity contribution in [3.63, 3.8) is 0 Å². The van der Waals surface area contributed by atoms with E-state index in [0.29, 0.717) is 12.2 Å². The van der Waals surface area contributed by atoms with Crippen LogP contribution in [0.1, 0.15) is 41.6 Å². The van der Waals surface area contributed by atoms with Gasteiger partial charge in [0.25, 0.3) is 5.91 Å². The molecule has 1 aromatic carbocycles. The molecule has 0 saturated heterocycles. The van der Waals surface area contributed by atoms with E-state index in [2.05, 4.69) is 17.2 Å². The van der Waals surface area contributed by atoms with Crippen molar-refractivity contribution in [1.29, 1.82) is 0 Å². The molecule has 0 heterocycles. The Labute approximate surface area is 141 Å². The molecule has 0 aliphatic heterocycles. The van der Waals surface area contributed by atoms with Crippen LogP contribution in [-0.2, 0) is 9.53 Å². The number of amides is 2. The van der Waals surface area contributed by atoms with Crippen molar-refractivity contribution in [1.82, 2.24) is 10.8 Å². The van der Waals surface area contributed by atoms with Crippen molar-refractivity contribution in [2.24, 2.45) is 5.92 Å². The van der Waals surface area contributed by atoms with Crippen LogP contribution in [0.4, 0.5) is 0 Å². The van der Waals surface area contributed by atoms with E-state index in [1.165, 1.54) is 0 Å². The lowest BCUT2D eigenvalue weighted by Crippen LogP contribution is -2.39. The van der Waals surface area contributed by atoms with Crippen molar-refractivity contribution < 1.29 is 19.5 Å². The second-order valence-corrected chi connectivity index (χ2v) is 5.82. The third-order valence-electron chi connectivity index (χ3n) is 4.14. The Kier molecular flexibility index (Phi) is 6.79. The zero-order valence-electron chi connectivity index (χ0n) is 13.7. The third-order valence-corrected chi connectivity index (χ3v) is 4.14. The van der Waals surface area contributed by atoms with Crippen LogP contribution in [0.25, 0.3) is 0 Å². The first-order valence-corrected chi connectivity index (χ1v) is 7.95. The fraction of sp³-hybridized carbons (Fsp3) is 0.444. The van der Waals surface area contributed by atoms with Crippen LogP contribution in [0.5, 0.6) is 0 Å². The summed E-state index contributed by atoms with van der Waals surface area (Å²) in [6, 6.07) is 7.01.